The van der Waals surface area contributed by atoms with Crippen LogP contribution in [0.5, 0.6) is 11.5 Å². The van der Waals surface area contributed by atoms with Crippen molar-refractivity contribution in [3.63, 3.8) is 0 Å². The average molecular weight is 815 g/mol. The van der Waals surface area contributed by atoms with Gasteiger partial charge in [0.25, 0.3) is 5.79 Å². The summed E-state index contributed by atoms with van der Waals surface area (Å²) in [5.41, 5.74) is 5.14. The molecule has 0 aliphatic carbocycles. The molecule has 16 nitrogen and oxygen atoms in total. The lowest BCUT2D eigenvalue weighted by atomic mass is 9.79. The maximum absolute atomic E-state index is 13.6. The number of nitrogens with zero attached hydrogens (tertiary/aromatic N) is 2. The van der Waals surface area contributed by atoms with Crippen molar-refractivity contribution in [1.29, 1.82) is 0 Å². The molecular weight excluding hydrogens is 773 g/mol. The standard InChI is InChI=1S/C41H40N3O13P/c1-4-52-35(45)26-53-36-37(44-22-21-34(42)43-39(44)47)55-33(41(36,48)57-58(49)56-38(46)27-13-7-5-8-14-27)25-54-40(28-15-9-6-10-16-28,29-17-11-19-31(23-29)50-2)30-18-12-20-32(24-30)51-3/h5-24,33,36-37,48H,4,25-26H2,1-3H3,(H-,42,43,47)/p+1/t33-,36+,37-,41-/m1/s1. The highest BCUT2D eigenvalue weighted by Gasteiger charge is 2.65. The number of ether oxygens (including phenoxy) is 6. The summed E-state index contributed by atoms with van der Waals surface area (Å²) in [7, 11) is -0.463. The van der Waals surface area contributed by atoms with Crippen molar-refractivity contribution in [1.82, 2.24) is 9.55 Å². The first-order chi connectivity index (χ1) is 28.0. The Labute approximate surface area is 333 Å². The van der Waals surface area contributed by atoms with E-state index in [1.807, 2.05) is 42.5 Å². The number of esters is 1. The average Bonchev–Trinajstić information content (AvgIpc) is 3.50. The van der Waals surface area contributed by atoms with Crippen LogP contribution in [-0.2, 0) is 43.0 Å². The molecule has 0 amide bonds. The van der Waals surface area contributed by atoms with Crippen LogP contribution in [0.25, 0.3) is 0 Å². The fourth-order valence-electron chi connectivity index (χ4n) is 6.53. The summed E-state index contributed by atoms with van der Waals surface area (Å²) < 4.78 is 60.9. The van der Waals surface area contributed by atoms with Crippen LogP contribution in [0.15, 0.2) is 126 Å². The predicted octanol–water partition coefficient (Wildman–Crippen LogP) is 4.92. The monoisotopic (exact) mass is 814 g/mol. The van der Waals surface area contributed by atoms with Crippen LogP contribution in [0, 0.1) is 0 Å². The minimum Gasteiger partial charge on any atom is -0.497 e. The third kappa shape index (κ3) is 8.92. The van der Waals surface area contributed by atoms with E-state index in [1.165, 1.54) is 38.6 Å². The second kappa shape index (κ2) is 18.5. The zero-order valence-electron chi connectivity index (χ0n) is 31.7. The topological polar surface area (TPSA) is 206 Å². The zero-order chi connectivity index (χ0) is 41.3. The molecule has 6 rings (SSSR count). The molecule has 1 aliphatic heterocycles. The van der Waals surface area contributed by atoms with E-state index in [4.69, 9.17) is 43.2 Å². The van der Waals surface area contributed by atoms with Gasteiger partial charge in [-0.3, -0.25) is 4.57 Å². The lowest BCUT2D eigenvalue weighted by Crippen LogP contribution is -2.53. The molecule has 0 saturated carbocycles. The fraction of sp³-hybridized carbons (Fsp3) is 0.268. The molecule has 1 unspecified atom stereocenters. The van der Waals surface area contributed by atoms with Gasteiger partial charge in [-0.1, -0.05) is 77.3 Å². The minimum absolute atomic E-state index is 0.00275. The van der Waals surface area contributed by atoms with Gasteiger partial charge < -0.3 is 39.3 Å². The van der Waals surface area contributed by atoms with Crippen LogP contribution in [0.3, 0.4) is 0 Å². The Bertz CT molecular complexity index is 2230. The van der Waals surface area contributed by atoms with Gasteiger partial charge in [0.15, 0.2) is 12.3 Å². The van der Waals surface area contributed by atoms with Crippen LogP contribution in [0.1, 0.15) is 40.2 Å². The number of aromatic nitrogens is 2. The van der Waals surface area contributed by atoms with E-state index in [0.717, 1.165) is 4.57 Å². The maximum Gasteiger partial charge on any atom is 0.756 e. The number of nitrogen functional groups attached to an aromatic ring is 1. The molecule has 1 aromatic heterocycles. The molecule has 302 valence electrons. The second-order valence-electron chi connectivity index (χ2n) is 12.7. The van der Waals surface area contributed by atoms with Gasteiger partial charge in [0.2, 0.25) is 0 Å². The Morgan fingerprint density at radius 2 is 1.50 bits per heavy atom. The van der Waals surface area contributed by atoms with Crippen molar-refractivity contribution >= 4 is 26.0 Å². The maximum atomic E-state index is 13.6. The van der Waals surface area contributed by atoms with E-state index in [9.17, 15) is 24.1 Å². The molecule has 1 aliphatic rings. The Balaban J connectivity index is 1.49. The van der Waals surface area contributed by atoms with Crippen molar-refractivity contribution in [2.45, 2.75) is 36.7 Å². The third-order valence-corrected chi connectivity index (χ3v) is 9.97. The summed E-state index contributed by atoms with van der Waals surface area (Å²) in [5, 5.41) is 12.7. The molecule has 5 aromatic rings. The van der Waals surface area contributed by atoms with E-state index in [2.05, 4.69) is 4.98 Å². The Kier molecular flexibility index (Phi) is 13.3. The lowest BCUT2D eigenvalue weighted by Gasteiger charge is -2.37. The predicted molar refractivity (Wildman–Crippen MR) is 207 cm³/mol. The van der Waals surface area contributed by atoms with Gasteiger partial charge in [-0.2, -0.15) is 9.51 Å². The highest BCUT2D eigenvalue weighted by molar-refractivity contribution is 7.34. The summed E-state index contributed by atoms with van der Waals surface area (Å²) in [6.45, 7) is 0.212. The molecule has 3 N–H and O–H groups in total. The van der Waals surface area contributed by atoms with Crippen molar-refractivity contribution in [3.05, 3.63) is 154 Å². The zero-order valence-corrected chi connectivity index (χ0v) is 32.6. The summed E-state index contributed by atoms with van der Waals surface area (Å²) in [4.78, 5) is 42.7. The van der Waals surface area contributed by atoms with Crippen molar-refractivity contribution in [2.75, 3.05) is 39.8 Å². The van der Waals surface area contributed by atoms with E-state index < -0.39 is 68.9 Å². The molecule has 0 spiro atoms. The van der Waals surface area contributed by atoms with Crippen LogP contribution >= 0.6 is 8.25 Å². The number of aliphatic hydroxyl groups is 1. The third-order valence-electron chi connectivity index (χ3n) is 9.22. The summed E-state index contributed by atoms with van der Waals surface area (Å²) in [5.74, 6) is -3.87. The quantitative estimate of drug-likeness (QED) is 0.0553. The highest BCUT2D eigenvalue weighted by atomic mass is 31.1. The molecule has 58 heavy (non-hydrogen) atoms. The van der Waals surface area contributed by atoms with E-state index in [1.54, 1.807) is 61.5 Å². The lowest BCUT2D eigenvalue weighted by molar-refractivity contribution is -0.234. The normalized spacial score (nSPS) is 19.2. The van der Waals surface area contributed by atoms with E-state index >= 15 is 0 Å². The Morgan fingerprint density at radius 1 is 0.897 bits per heavy atom. The Hall–Kier alpha value is -6.00. The number of nitrogens with two attached hydrogens (primary N) is 1. The van der Waals surface area contributed by atoms with Crippen LogP contribution in [0.2, 0.25) is 0 Å². The molecule has 5 atom stereocenters. The minimum atomic E-state index is -3.51. The van der Waals surface area contributed by atoms with Gasteiger partial charge in [-0.25, -0.2) is 14.4 Å². The van der Waals surface area contributed by atoms with Crippen LogP contribution in [-0.4, -0.2) is 78.6 Å². The number of carbonyl (C=O) groups excluding carboxylic acids is 2. The van der Waals surface area contributed by atoms with Crippen LogP contribution < -0.4 is 20.9 Å². The number of benzene rings is 4. The van der Waals surface area contributed by atoms with Gasteiger partial charge in [0.05, 0.1) is 33.0 Å². The summed E-state index contributed by atoms with van der Waals surface area (Å²) in [6, 6.07) is 32.4. The van der Waals surface area contributed by atoms with Gasteiger partial charge in [0.1, 0.15) is 35.6 Å². The van der Waals surface area contributed by atoms with Gasteiger partial charge in [-0.05, 0) is 66.1 Å². The molecule has 1 saturated heterocycles. The summed E-state index contributed by atoms with van der Waals surface area (Å²) in [6.07, 6.45) is -3.94. The summed E-state index contributed by atoms with van der Waals surface area (Å²) >= 11 is 0. The number of rotatable bonds is 17. The number of hydrogen-bond acceptors (Lipinski definition) is 15. The number of methoxy groups -OCH3 is 2. The second-order valence-corrected chi connectivity index (χ2v) is 13.5. The van der Waals surface area contributed by atoms with Crippen molar-refractivity contribution in [2.24, 2.45) is 0 Å². The number of hydrogen-bond donors (Lipinski definition) is 2. The first kappa shape index (κ1) is 41.6. The fourth-order valence-corrected chi connectivity index (χ4v) is 7.27. The SMILES string of the molecule is CCOC(=O)CO[C@H]1[C@H](n2ccc(N)nc2=O)O[C@H](COC(c2ccccc2)(c2cccc(OC)c2)c2cccc(OC)c2)[C@@]1(O)O[P+](=O)OC(=O)c1ccccc1. The molecule has 2 heterocycles. The molecule has 1 fully saturated rings. The molecule has 4 aromatic carbocycles. The largest absolute Gasteiger partial charge is 0.756 e. The first-order valence-corrected chi connectivity index (χ1v) is 19.0. The van der Waals surface area contributed by atoms with Crippen LogP contribution in [0.4, 0.5) is 5.82 Å². The highest BCUT2D eigenvalue weighted by Crippen LogP contribution is 2.48. The Morgan fingerprint density at radius 3 is 2.09 bits per heavy atom. The number of carbonyl (C=O) groups is 2. The first-order valence-electron chi connectivity index (χ1n) is 17.9. The molecule has 0 bridgehead atoms. The van der Waals surface area contributed by atoms with E-state index in [-0.39, 0.29) is 18.0 Å². The molecular formula is C41H41N3O13P+. The van der Waals surface area contributed by atoms with Gasteiger partial charge >= 0.3 is 25.9 Å². The molecule has 0 radical (unpaired) electrons. The smallest absolute Gasteiger partial charge is 0.497 e. The van der Waals surface area contributed by atoms with Gasteiger partial charge in [-0.15, -0.1) is 0 Å². The van der Waals surface area contributed by atoms with E-state index in [0.29, 0.717) is 28.2 Å². The number of anilines is 1. The van der Waals surface area contributed by atoms with Gasteiger partial charge in [0, 0.05) is 10.8 Å². The molecule has 17 heteroatoms. The van der Waals surface area contributed by atoms with Crippen molar-refractivity contribution in [3.8, 4) is 11.5 Å². The van der Waals surface area contributed by atoms with Crippen molar-refractivity contribution < 1.29 is 56.7 Å².